The van der Waals surface area contributed by atoms with E-state index in [4.69, 9.17) is 9.47 Å². The molecule has 48 heavy (non-hydrogen) atoms. The van der Waals surface area contributed by atoms with Crippen molar-refractivity contribution in [2.75, 3.05) is 13.2 Å². The SMILES string of the molecule is CC(C)(C)C(=O)c1cn(COCC[Si](C)(C)C)c2ncc(=O)[nH]c12.CC(C)(C)C(=O)c1cn(COCC[Si](C)(C)C)c2ncc(Br)nc12. The number of hydrogen-bond acceptors (Lipinski definition) is 8. The van der Waals surface area contributed by atoms with E-state index in [9.17, 15) is 14.4 Å². The molecule has 0 unspecified atom stereocenters. The monoisotopic (exact) mass is 760 g/mol. The van der Waals surface area contributed by atoms with Crippen molar-refractivity contribution in [2.45, 2.75) is 106 Å². The van der Waals surface area contributed by atoms with E-state index >= 15 is 0 Å². The van der Waals surface area contributed by atoms with Crippen molar-refractivity contribution in [3.8, 4) is 0 Å². The summed E-state index contributed by atoms with van der Waals surface area (Å²) in [5, 5.41) is 0. The number of ether oxygens (including phenoxy) is 2. The summed E-state index contributed by atoms with van der Waals surface area (Å²) in [7, 11) is -2.26. The number of ketones is 2. The van der Waals surface area contributed by atoms with E-state index in [-0.39, 0.29) is 17.1 Å². The van der Waals surface area contributed by atoms with E-state index in [2.05, 4.69) is 75.1 Å². The first-order valence-corrected chi connectivity index (χ1v) is 24.5. The first-order valence-electron chi connectivity index (χ1n) is 16.3. The lowest BCUT2D eigenvalue weighted by atomic mass is 9.87. The van der Waals surface area contributed by atoms with Gasteiger partial charge in [0, 0.05) is 52.6 Å². The van der Waals surface area contributed by atoms with E-state index in [0.29, 0.717) is 58.1 Å². The molecule has 0 amide bonds. The van der Waals surface area contributed by atoms with Gasteiger partial charge < -0.3 is 23.6 Å². The highest BCUT2D eigenvalue weighted by Gasteiger charge is 2.29. The number of carbonyl (C=O) groups is 2. The van der Waals surface area contributed by atoms with Crippen LogP contribution in [0.25, 0.3) is 22.3 Å². The Hall–Kier alpha value is -2.79. The lowest BCUT2D eigenvalue weighted by Crippen LogP contribution is -2.22. The largest absolute Gasteiger partial charge is 0.361 e. The van der Waals surface area contributed by atoms with E-state index < -0.39 is 27.0 Å². The Morgan fingerprint density at radius 1 is 0.771 bits per heavy atom. The van der Waals surface area contributed by atoms with Gasteiger partial charge in [-0.1, -0.05) is 80.8 Å². The van der Waals surface area contributed by atoms with Crippen LogP contribution in [0.3, 0.4) is 0 Å². The van der Waals surface area contributed by atoms with Crippen molar-refractivity contribution in [2.24, 2.45) is 10.8 Å². The van der Waals surface area contributed by atoms with Gasteiger partial charge in [0.05, 0.1) is 29.0 Å². The normalized spacial score (nSPS) is 12.8. The third kappa shape index (κ3) is 11.1. The zero-order valence-corrected chi connectivity index (χ0v) is 34.3. The lowest BCUT2D eigenvalue weighted by molar-refractivity contribution is 0.0842. The maximum absolute atomic E-state index is 12.7. The first-order chi connectivity index (χ1) is 22.0. The van der Waals surface area contributed by atoms with Crippen molar-refractivity contribution in [3.63, 3.8) is 0 Å². The van der Waals surface area contributed by atoms with Crippen LogP contribution in [0.1, 0.15) is 62.3 Å². The molecule has 4 rings (SSSR count). The maximum atomic E-state index is 12.7. The molecule has 0 aliphatic carbocycles. The van der Waals surface area contributed by atoms with Crippen molar-refractivity contribution >= 4 is 66.0 Å². The summed E-state index contributed by atoms with van der Waals surface area (Å²) in [5.74, 6) is 0.0257. The smallest absolute Gasteiger partial charge is 0.267 e. The first kappa shape index (κ1) is 39.7. The number of nitrogens with one attached hydrogen (secondary N) is 1. The maximum Gasteiger partial charge on any atom is 0.267 e. The van der Waals surface area contributed by atoms with Gasteiger partial charge in [0.15, 0.2) is 22.9 Å². The molecular formula is C34H53BrN6O5Si2. The fraction of sp³-hybridized carbons (Fsp3) is 0.588. The fourth-order valence-corrected chi connectivity index (χ4v) is 6.33. The number of fused-ring (bicyclic) bond motifs is 2. The Balaban J connectivity index is 0.000000260. The zero-order valence-electron chi connectivity index (χ0n) is 30.7. The fourth-order valence-electron chi connectivity index (χ4n) is 4.54. The molecule has 0 aliphatic rings. The number of carbonyl (C=O) groups excluding carboxylic acids is 2. The van der Waals surface area contributed by atoms with Crippen LogP contribution in [0.5, 0.6) is 0 Å². The molecule has 264 valence electrons. The van der Waals surface area contributed by atoms with Gasteiger partial charge in [0.2, 0.25) is 0 Å². The summed E-state index contributed by atoms with van der Waals surface area (Å²) < 4.78 is 15.9. The van der Waals surface area contributed by atoms with Crippen molar-refractivity contribution in [3.05, 3.63) is 50.9 Å². The third-order valence-electron chi connectivity index (χ3n) is 7.44. The second-order valence-corrected chi connectivity index (χ2v) is 28.7. The van der Waals surface area contributed by atoms with Gasteiger partial charge in [-0.05, 0) is 28.0 Å². The lowest BCUT2D eigenvalue weighted by Gasteiger charge is -2.16. The van der Waals surface area contributed by atoms with Gasteiger partial charge in [-0.15, -0.1) is 0 Å². The predicted octanol–water partition coefficient (Wildman–Crippen LogP) is 8.00. The molecule has 4 aromatic heterocycles. The summed E-state index contributed by atoms with van der Waals surface area (Å²) in [4.78, 5) is 52.8. The van der Waals surface area contributed by atoms with Gasteiger partial charge >= 0.3 is 0 Å². The van der Waals surface area contributed by atoms with Crippen LogP contribution in [-0.2, 0) is 22.9 Å². The van der Waals surface area contributed by atoms with Crippen LogP contribution in [-0.4, -0.2) is 70.0 Å². The highest BCUT2D eigenvalue weighted by molar-refractivity contribution is 9.10. The number of Topliss-reactive ketones (excluding diaryl/α,β-unsaturated/α-hetero) is 2. The average Bonchev–Trinajstić information content (AvgIpc) is 3.48. The van der Waals surface area contributed by atoms with Crippen LogP contribution >= 0.6 is 15.9 Å². The molecule has 0 saturated carbocycles. The molecular weight excluding hydrogens is 708 g/mol. The van der Waals surface area contributed by atoms with E-state index in [1.54, 1.807) is 17.0 Å². The molecule has 0 radical (unpaired) electrons. The molecule has 4 aromatic rings. The third-order valence-corrected chi connectivity index (χ3v) is 11.2. The summed E-state index contributed by atoms with van der Waals surface area (Å²) in [6, 6.07) is 2.18. The minimum atomic E-state index is -1.15. The van der Waals surface area contributed by atoms with Crippen LogP contribution in [0, 0.1) is 10.8 Å². The number of nitrogens with zero attached hydrogens (tertiary/aromatic N) is 5. The molecule has 0 spiro atoms. The summed E-state index contributed by atoms with van der Waals surface area (Å²) in [6.07, 6.45) is 6.42. The Morgan fingerprint density at radius 2 is 1.23 bits per heavy atom. The van der Waals surface area contributed by atoms with Gasteiger partial charge in [-0.2, -0.15) is 0 Å². The van der Waals surface area contributed by atoms with Crippen LogP contribution in [0.15, 0.2) is 34.2 Å². The topological polar surface area (TPSA) is 134 Å². The molecule has 0 aliphatic heterocycles. The molecule has 11 nitrogen and oxygen atoms in total. The van der Waals surface area contributed by atoms with Crippen molar-refractivity contribution in [1.82, 2.24) is 29.1 Å². The second-order valence-electron chi connectivity index (χ2n) is 16.7. The molecule has 0 aromatic carbocycles. The van der Waals surface area contributed by atoms with Gasteiger partial charge in [0.25, 0.3) is 5.56 Å². The van der Waals surface area contributed by atoms with Gasteiger partial charge in [-0.25, -0.2) is 15.0 Å². The number of H-pyrrole nitrogens is 1. The summed E-state index contributed by atoms with van der Waals surface area (Å²) >= 11 is 3.34. The molecule has 0 fully saturated rings. The van der Waals surface area contributed by atoms with E-state index in [1.165, 1.54) is 6.20 Å². The van der Waals surface area contributed by atoms with Gasteiger partial charge in [-0.3, -0.25) is 14.4 Å². The molecule has 0 atom stereocenters. The Labute approximate surface area is 294 Å². The van der Waals surface area contributed by atoms with Gasteiger partial charge in [0.1, 0.15) is 23.6 Å². The molecule has 0 bridgehead atoms. The van der Waals surface area contributed by atoms with Crippen LogP contribution in [0.2, 0.25) is 51.4 Å². The Bertz CT molecular complexity index is 1800. The predicted molar refractivity (Wildman–Crippen MR) is 201 cm³/mol. The number of halogens is 1. The van der Waals surface area contributed by atoms with Crippen LogP contribution < -0.4 is 5.56 Å². The number of aromatic nitrogens is 6. The second kappa shape index (κ2) is 15.4. The standard InChI is InChI=1S/C17H26BrN3O2Si.C17H27N3O3Si/c1-17(2,3)15(22)12-10-21(11-23-7-8-24(4,5)6)16-14(12)20-13(18)9-19-16;1-17(2,3)15(22)12-10-20(11-23-7-8-24(4,5)6)16-14(12)19-13(21)9-18-16/h9-10H,7-8,11H2,1-6H3;9-10H,7-8,11H2,1-6H3,(H,19,21). The molecule has 1 N–H and O–H groups in total. The number of hydrogen-bond donors (Lipinski definition) is 1. The van der Waals surface area contributed by atoms with E-state index in [1.807, 2.05) is 52.3 Å². The molecule has 4 heterocycles. The van der Waals surface area contributed by atoms with Crippen molar-refractivity contribution < 1.29 is 19.1 Å². The summed E-state index contributed by atoms with van der Waals surface area (Å²) in [5.41, 5.74) is 2.11. The number of aromatic amines is 1. The molecule has 0 saturated heterocycles. The highest BCUT2D eigenvalue weighted by Crippen LogP contribution is 2.28. The minimum absolute atomic E-state index is 0.0306. The zero-order chi connectivity index (χ0) is 36.2. The highest BCUT2D eigenvalue weighted by atomic mass is 79.9. The van der Waals surface area contributed by atoms with Crippen molar-refractivity contribution in [1.29, 1.82) is 0 Å². The summed E-state index contributed by atoms with van der Waals surface area (Å²) in [6.45, 7) is 27.3. The quantitative estimate of drug-likeness (QED) is 0.0873. The Kier molecular flexibility index (Phi) is 12.7. The van der Waals surface area contributed by atoms with Crippen LogP contribution in [0.4, 0.5) is 0 Å². The molecule has 14 heteroatoms. The average molecular weight is 762 g/mol. The number of rotatable bonds is 12. The van der Waals surface area contributed by atoms with E-state index in [0.717, 1.165) is 18.7 Å². The Morgan fingerprint density at radius 3 is 1.73 bits per heavy atom. The minimum Gasteiger partial charge on any atom is -0.361 e.